The van der Waals surface area contributed by atoms with Crippen LogP contribution in [0.3, 0.4) is 0 Å². The van der Waals surface area contributed by atoms with E-state index in [1.54, 1.807) is 6.07 Å². The second kappa shape index (κ2) is 5.62. The molecule has 1 atom stereocenters. The van der Waals surface area contributed by atoms with E-state index in [-0.39, 0.29) is 11.7 Å². The summed E-state index contributed by atoms with van der Waals surface area (Å²) in [6.07, 6.45) is 0. The highest BCUT2D eigenvalue weighted by Gasteiger charge is 2.30. The summed E-state index contributed by atoms with van der Waals surface area (Å²) >= 11 is 0. The molecule has 0 aromatic heterocycles. The number of hydrogen-bond acceptors (Lipinski definition) is 3. The summed E-state index contributed by atoms with van der Waals surface area (Å²) in [5.41, 5.74) is 1.00. The van der Waals surface area contributed by atoms with Crippen molar-refractivity contribution in [3.8, 4) is 5.75 Å². The quantitative estimate of drug-likeness (QED) is 0.601. The maximum absolute atomic E-state index is 12.5. The van der Waals surface area contributed by atoms with Crippen molar-refractivity contribution in [2.24, 2.45) is 5.41 Å². The molecule has 1 aromatic carbocycles. The first-order valence-electron chi connectivity index (χ1n) is 6.00. The fourth-order valence-electron chi connectivity index (χ4n) is 1.78. The van der Waals surface area contributed by atoms with E-state index >= 15 is 0 Å². The molecule has 0 N–H and O–H groups in total. The van der Waals surface area contributed by atoms with Crippen molar-refractivity contribution in [2.75, 3.05) is 0 Å². The van der Waals surface area contributed by atoms with Crippen LogP contribution in [-0.4, -0.2) is 5.78 Å². The Labute approximate surface area is 110 Å². The molecule has 4 heteroatoms. The maximum atomic E-state index is 12.5. The number of hydrogen-bond donors (Lipinski definition) is 0. The molecule has 0 spiro atoms. The third-order valence-corrected chi connectivity index (χ3v) is 3.04. The molecule has 1 aromatic rings. The van der Waals surface area contributed by atoms with Crippen LogP contribution in [0.2, 0.25) is 0 Å². The zero-order valence-corrected chi connectivity index (χ0v) is 12.5. The van der Waals surface area contributed by atoms with Gasteiger partial charge in [-0.3, -0.25) is 9.32 Å². The first-order valence-corrected chi connectivity index (χ1v) is 6.82. The van der Waals surface area contributed by atoms with E-state index in [1.165, 1.54) is 0 Å². The van der Waals surface area contributed by atoms with Crippen molar-refractivity contribution in [3.63, 3.8) is 0 Å². The van der Waals surface area contributed by atoms with Gasteiger partial charge in [-0.15, -0.1) is 0 Å². The van der Waals surface area contributed by atoms with Gasteiger partial charge in [-0.05, 0) is 22.1 Å². The van der Waals surface area contributed by atoms with Crippen LogP contribution in [0, 0.1) is 5.41 Å². The number of benzene rings is 1. The standard InChI is InChI=1S/C14H20O3P/c1-9(2)10-7-6-8-11(17-18-16)12(10)13(15)14(3,4)5/h6-9,18H,1-5H3/q+1. The minimum absolute atomic E-state index is 0.0139. The molecule has 1 rings (SSSR count). The molecule has 0 heterocycles. The van der Waals surface area contributed by atoms with Gasteiger partial charge in [0.2, 0.25) is 0 Å². The molecule has 0 aliphatic rings. The van der Waals surface area contributed by atoms with Gasteiger partial charge in [0.1, 0.15) is 0 Å². The number of carbonyl (C=O) groups excluding carboxylic acids is 1. The first-order chi connectivity index (χ1) is 8.29. The van der Waals surface area contributed by atoms with Gasteiger partial charge in [0.15, 0.2) is 11.5 Å². The summed E-state index contributed by atoms with van der Waals surface area (Å²) < 4.78 is 15.8. The molecule has 0 saturated heterocycles. The average molecular weight is 267 g/mol. The molecule has 0 saturated carbocycles. The molecular formula is C14H20O3P+. The third-order valence-electron chi connectivity index (χ3n) is 2.74. The number of Topliss-reactive ketones (excluding diaryl/α,β-unsaturated/α-hetero) is 1. The van der Waals surface area contributed by atoms with Gasteiger partial charge in [0.05, 0.1) is 5.56 Å². The van der Waals surface area contributed by atoms with Crippen molar-refractivity contribution >= 4 is 14.5 Å². The Morgan fingerprint density at radius 3 is 2.33 bits per heavy atom. The second-order valence-corrected chi connectivity index (χ2v) is 6.01. The monoisotopic (exact) mass is 267 g/mol. The van der Waals surface area contributed by atoms with Crippen molar-refractivity contribution in [2.45, 2.75) is 40.5 Å². The van der Waals surface area contributed by atoms with Gasteiger partial charge < -0.3 is 0 Å². The average Bonchev–Trinajstić information content (AvgIpc) is 2.27. The van der Waals surface area contributed by atoms with Crippen molar-refractivity contribution < 1.29 is 13.9 Å². The summed E-state index contributed by atoms with van der Waals surface area (Å²) in [5.74, 6) is 0.638. The molecule has 3 nitrogen and oxygen atoms in total. The third kappa shape index (κ3) is 3.17. The Kier molecular flexibility index (Phi) is 4.64. The fourth-order valence-corrected chi connectivity index (χ4v) is 2.04. The highest BCUT2D eigenvalue weighted by Crippen LogP contribution is 2.34. The van der Waals surface area contributed by atoms with Gasteiger partial charge in [-0.1, -0.05) is 46.8 Å². The fraction of sp³-hybridized carbons (Fsp3) is 0.500. The van der Waals surface area contributed by atoms with Gasteiger partial charge in [0, 0.05) is 5.41 Å². The van der Waals surface area contributed by atoms with Crippen LogP contribution >= 0.6 is 8.69 Å². The van der Waals surface area contributed by atoms with E-state index in [0.717, 1.165) is 5.56 Å². The molecule has 0 fully saturated rings. The molecule has 0 aliphatic heterocycles. The largest absolute Gasteiger partial charge is 0.542 e. The summed E-state index contributed by atoms with van der Waals surface area (Å²) in [6.45, 7) is 9.66. The Bertz CT molecular complexity index is 459. The van der Waals surface area contributed by atoms with E-state index in [0.29, 0.717) is 11.3 Å². The van der Waals surface area contributed by atoms with Crippen LogP contribution < -0.4 is 4.52 Å². The highest BCUT2D eigenvalue weighted by molar-refractivity contribution is 7.17. The minimum atomic E-state index is -0.905. The predicted molar refractivity (Wildman–Crippen MR) is 73.9 cm³/mol. The normalized spacial score (nSPS) is 11.9. The molecule has 18 heavy (non-hydrogen) atoms. The SMILES string of the molecule is CC(C)c1cccc(O[PH+]=O)c1C(=O)C(C)(C)C. The van der Waals surface area contributed by atoms with E-state index in [1.807, 2.05) is 46.8 Å². The summed E-state index contributed by atoms with van der Waals surface area (Å²) in [7, 11) is -0.905. The number of rotatable bonds is 4. The van der Waals surface area contributed by atoms with Crippen LogP contribution in [0.25, 0.3) is 0 Å². The lowest BCUT2D eigenvalue weighted by Crippen LogP contribution is -2.22. The summed E-state index contributed by atoms with van der Waals surface area (Å²) in [4.78, 5) is 12.5. The minimum Gasteiger partial charge on any atom is -0.293 e. The zero-order valence-electron chi connectivity index (χ0n) is 11.5. The van der Waals surface area contributed by atoms with Gasteiger partial charge >= 0.3 is 8.69 Å². The Morgan fingerprint density at radius 1 is 1.28 bits per heavy atom. The van der Waals surface area contributed by atoms with Gasteiger partial charge in [-0.2, -0.15) is 0 Å². The number of carbonyl (C=O) groups is 1. The molecule has 1 unspecified atom stereocenters. The zero-order chi connectivity index (χ0) is 13.9. The van der Waals surface area contributed by atoms with E-state index in [2.05, 4.69) is 0 Å². The van der Waals surface area contributed by atoms with Crippen LogP contribution in [0.1, 0.15) is 56.5 Å². The lowest BCUT2D eigenvalue weighted by atomic mass is 9.82. The molecule has 0 aliphatic carbocycles. The van der Waals surface area contributed by atoms with Crippen LogP contribution in [-0.2, 0) is 4.57 Å². The molecule has 0 amide bonds. The van der Waals surface area contributed by atoms with Gasteiger partial charge in [0.25, 0.3) is 0 Å². The molecular weight excluding hydrogens is 247 g/mol. The predicted octanol–water partition coefficient (Wildman–Crippen LogP) is 4.36. The Morgan fingerprint density at radius 2 is 1.89 bits per heavy atom. The number of ketones is 1. The molecule has 0 radical (unpaired) electrons. The molecule has 0 bridgehead atoms. The van der Waals surface area contributed by atoms with Crippen molar-refractivity contribution in [1.29, 1.82) is 0 Å². The van der Waals surface area contributed by atoms with Crippen LogP contribution in [0.15, 0.2) is 18.2 Å². The van der Waals surface area contributed by atoms with E-state index in [9.17, 15) is 9.36 Å². The Balaban J connectivity index is 3.45. The Hall–Kier alpha value is -1.21. The summed E-state index contributed by atoms with van der Waals surface area (Å²) in [5, 5.41) is 0. The second-order valence-electron chi connectivity index (χ2n) is 5.64. The lowest BCUT2D eigenvalue weighted by molar-refractivity contribution is 0.0855. The first kappa shape index (κ1) is 14.8. The smallest absolute Gasteiger partial charge is 0.293 e. The van der Waals surface area contributed by atoms with E-state index < -0.39 is 14.1 Å². The maximum Gasteiger partial charge on any atom is 0.542 e. The summed E-state index contributed by atoms with van der Waals surface area (Å²) in [6, 6.07) is 5.43. The lowest BCUT2D eigenvalue weighted by Gasteiger charge is -2.21. The van der Waals surface area contributed by atoms with Crippen LogP contribution in [0.4, 0.5) is 0 Å². The van der Waals surface area contributed by atoms with E-state index in [4.69, 9.17) is 4.52 Å². The van der Waals surface area contributed by atoms with Crippen molar-refractivity contribution in [3.05, 3.63) is 29.3 Å². The molecule has 98 valence electrons. The highest BCUT2D eigenvalue weighted by atomic mass is 31.1. The topological polar surface area (TPSA) is 43.4 Å². The van der Waals surface area contributed by atoms with Crippen molar-refractivity contribution in [1.82, 2.24) is 0 Å². The van der Waals surface area contributed by atoms with Crippen LogP contribution in [0.5, 0.6) is 5.75 Å². The van der Waals surface area contributed by atoms with Gasteiger partial charge in [-0.25, -0.2) is 0 Å².